The molecule has 0 fully saturated rings. The normalized spacial score (nSPS) is 9.69. The van der Waals surface area contributed by atoms with Gasteiger partial charge in [0, 0.05) is 11.4 Å². The number of nitrogens with one attached hydrogen (secondary N) is 1. The Labute approximate surface area is 102 Å². The molecular weight excluding hydrogens is 274 g/mol. The minimum atomic E-state index is -0.474. The van der Waals surface area contributed by atoms with Crippen molar-refractivity contribution in [2.45, 2.75) is 13.8 Å². The first-order valence-electron chi connectivity index (χ1n) is 4.68. The Morgan fingerprint density at radius 2 is 2.12 bits per heavy atom. The summed E-state index contributed by atoms with van der Waals surface area (Å²) in [5.74, 6) is -0.835. The van der Waals surface area contributed by atoms with Crippen LogP contribution in [0.25, 0.3) is 0 Å². The third-order valence-corrected chi connectivity index (χ3v) is 2.46. The Hall–Kier alpha value is -1.36. The zero-order chi connectivity index (χ0) is 12.1. The van der Waals surface area contributed by atoms with E-state index in [1.165, 1.54) is 6.92 Å². The Balaban J connectivity index is 2.59. The van der Waals surface area contributed by atoms with E-state index in [-0.39, 0.29) is 12.5 Å². The minimum absolute atomic E-state index is 0.268. The highest BCUT2D eigenvalue weighted by Gasteiger charge is 2.06. The van der Waals surface area contributed by atoms with Crippen LogP contribution in [0.1, 0.15) is 12.5 Å². The second-order valence-corrected chi connectivity index (χ2v) is 4.17. The first kappa shape index (κ1) is 12.7. The topological polar surface area (TPSA) is 55.4 Å². The van der Waals surface area contributed by atoms with E-state index in [0.717, 1.165) is 10.0 Å². The summed E-state index contributed by atoms with van der Waals surface area (Å²) in [5, 5.41) is 2.63. The van der Waals surface area contributed by atoms with Crippen LogP contribution in [0.4, 0.5) is 5.69 Å². The van der Waals surface area contributed by atoms with E-state index < -0.39 is 5.97 Å². The van der Waals surface area contributed by atoms with Gasteiger partial charge in [-0.1, -0.05) is 6.07 Å². The van der Waals surface area contributed by atoms with Gasteiger partial charge in [0.2, 0.25) is 0 Å². The SMILES string of the molecule is CC(=O)OCC(=O)Nc1ccc(C)cc1Br. The third-order valence-electron chi connectivity index (χ3n) is 1.81. The van der Waals surface area contributed by atoms with Crippen molar-refractivity contribution in [1.29, 1.82) is 0 Å². The lowest BCUT2D eigenvalue weighted by Gasteiger charge is -2.07. The zero-order valence-corrected chi connectivity index (χ0v) is 10.6. The van der Waals surface area contributed by atoms with Crippen LogP contribution < -0.4 is 5.32 Å². The van der Waals surface area contributed by atoms with Crippen molar-refractivity contribution >= 4 is 33.5 Å². The minimum Gasteiger partial charge on any atom is -0.456 e. The fourth-order valence-corrected chi connectivity index (χ4v) is 1.67. The molecule has 0 saturated carbocycles. The monoisotopic (exact) mass is 285 g/mol. The quantitative estimate of drug-likeness (QED) is 0.867. The number of carbonyl (C=O) groups is 2. The number of rotatable bonds is 3. The molecule has 1 aromatic carbocycles. The van der Waals surface area contributed by atoms with Gasteiger partial charge < -0.3 is 10.1 Å². The van der Waals surface area contributed by atoms with E-state index in [4.69, 9.17) is 0 Å². The highest BCUT2D eigenvalue weighted by atomic mass is 79.9. The molecule has 0 atom stereocenters. The van der Waals surface area contributed by atoms with Crippen LogP contribution in [-0.4, -0.2) is 18.5 Å². The molecule has 0 radical (unpaired) electrons. The lowest BCUT2D eigenvalue weighted by molar-refractivity contribution is -0.144. The van der Waals surface area contributed by atoms with Gasteiger partial charge in [0.05, 0.1) is 5.69 Å². The van der Waals surface area contributed by atoms with Crippen LogP contribution in [0.5, 0.6) is 0 Å². The zero-order valence-electron chi connectivity index (χ0n) is 9.04. The number of carbonyl (C=O) groups excluding carboxylic acids is 2. The van der Waals surface area contributed by atoms with E-state index in [2.05, 4.69) is 26.0 Å². The van der Waals surface area contributed by atoms with Crippen LogP contribution in [0, 0.1) is 6.92 Å². The number of benzene rings is 1. The smallest absolute Gasteiger partial charge is 0.303 e. The fourth-order valence-electron chi connectivity index (χ4n) is 1.07. The largest absolute Gasteiger partial charge is 0.456 e. The molecule has 1 rings (SSSR count). The molecule has 0 aliphatic heterocycles. The maximum absolute atomic E-state index is 11.3. The lowest BCUT2D eigenvalue weighted by Crippen LogP contribution is -2.20. The van der Waals surface area contributed by atoms with Gasteiger partial charge in [0.15, 0.2) is 6.61 Å². The van der Waals surface area contributed by atoms with Gasteiger partial charge in [-0.25, -0.2) is 0 Å². The van der Waals surface area contributed by atoms with Gasteiger partial charge in [-0.15, -0.1) is 0 Å². The number of esters is 1. The van der Waals surface area contributed by atoms with Gasteiger partial charge in [-0.05, 0) is 40.5 Å². The van der Waals surface area contributed by atoms with E-state index >= 15 is 0 Å². The average Bonchev–Trinajstić information content (AvgIpc) is 2.19. The molecule has 0 bridgehead atoms. The maximum atomic E-state index is 11.3. The van der Waals surface area contributed by atoms with Gasteiger partial charge >= 0.3 is 5.97 Å². The highest BCUT2D eigenvalue weighted by Crippen LogP contribution is 2.23. The summed E-state index contributed by atoms with van der Waals surface area (Å²) in [6, 6.07) is 5.55. The molecule has 1 N–H and O–H groups in total. The van der Waals surface area contributed by atoms with Crippen LogP contribution in [0.15, 0.2) is 22.7 Å². The van der Waals surface area contributed by atoms with Crippen LogP contribution in [0.3, 0.4) is 0 Å². The van der Waals surface area contributed by atoms with E-state index in [9.17, 15) is 9.59 Å². The number of ether oxygens (including phenoxy) is 1. The number of aryl methyl sites for hydroxylation is 1. The van der Waals surface area contributed by atoms with E-state index in [0.29, 0.717) is 5.69 Å². The standard InChI is InChI=1S/C11H12BrNO3/c1-7-3-4-10(9(12)5-7)13-11(15)6-16-8(2)14/h3-5H,6H2,1-2H3,(H,13,15). The van der Waals surface area contributed by atoms with Crippen LogP contribution >= 0.6 is 15.9 Å². The number of hydrogen-bond donors (Lipinski definition) is 1. The molecule has 86 valence electrons. The first-order chi connectivity index (χ1) is 7.49. The molecule has 4 nitrogen and oxygen atoms in total. The highest BCUT2D eigenvalue weighted by molar-refractivity contribution is 9.10. The molecule has 1 aromatic rings. The van der Waals surface area contributed by atoms with Gasteiger partial charge in [-0.2, -0.15) is 0 Å². The molecule has 16 heavy (non-hydrogen) atoms. The molecule has 1 amide bonds. The number of hydrogen-bond acceptors (Lipinski definition) is 3. The van der Waals surface area contributed by atoms with Crippen LogP contribution in [-0.2, 0) is 14.3 Å². The van der Waals surface area contributed by atoms with Crippen molar-refractivity contribution in [1.82, 2.24) is 0 Å². The summed E-state index contributed by atoms with van der Waals surface area (Å²) in [4.78, 5) is 21.8. The summed E-state index contributed by atoms with van der Waals surface area (Å²) in [6.07, 6.45) is 0. The van der Waals surface area contributed by atoms with Crippen molar-refractivity contribution in [3.05, 3.63) is 28.2 Å². The van der Waals surface area contributed by atoms with Gasteiger partial charge in [-0.3, -0.25) is 9.59 Å². The Kier molecular flexibility index (Phi) is 4.49. The molecule has 0 unspecified atom stereocenters. The number of anilines is 1. The lowest BCUT2D eigenvalue weighted by atomic mass is 10.2. The summed E-state index contributed by atoms with van der Waals surface area (Å²) in [6.45, 7) is 2.94. The van der Waals surface area contributed by atoms with Crippen molar-refractivity contribution < 1.29 is 14.3 Å². The van der Waals surface area contributed by atoms with E-state index in [1.807, 2.05) is 19.1 Å². The van der Waals surface area contributed by atoms with Crippen molar-refractivity contribution in [2.24, 2.45) is 0 Å². The van der Waals surface area contributed by atoms with Gasteiger partial charge in [0.25, 0.3) is 5.91 Å². The molecule has 0 aliphatic rings. The fraction of sp³-hybridized carbons (Fsp3) is 0.273. The van der Waals surface area contributed by atoms with E-state index in [1.54, 1.807) is 6.07 Å². The molecule has 0 aromatic heterocycles. The molecular formula is C11H12BrNO3. The van der Waals surface area contributed by atoms with Crippen molar-refractivity contribution in [3.63, 3.8) is 0 Å². The molecule has 5 heteroatoms. The Morgan fingerprint density at radius 3 is 2.69 bits per heavy atom. The maximum Gasteiger partial charge on any atom is 0.303 e. The van der Waals surface area contributed by atoms with Crippen molar-refractivity contribution in [3.8, 4) is 0 Å². The summed E-state index contributed by atoms with van der Waals surface area (Å²) < 4.78 is 5.37. The first-order valence-corrected chi connectivity index (χ1v) is 5.47. The Morgan fingerprint density at radius 1 is 1.44 bits per heavy atom. The molecule has 0 saturated heterocycles. The van der Waals surface area contributed by atoms with Gasteiger partial charge in [0.1, 0.15) is 0 Å². The van der Waals surface area contributed by atoms with Crippen LogP contribution in [0.2, 0.25) is 0 Å². The molecule has 0 aliphatic carbocycles. The second-order valence-electron chi connectivity index (χ2n) is 3.31. The number of halogens is 1. The third kappa shape index (κ3) is 4.02. The number of amides is 1. The summed E-state index contributed by atoms with van der Waals surface area (Å²) >= 11 is 3.33. The molecule has 0 spiro atoms. The predicted octanol–water partition coefficient (Wildman–Crippen LogP) is 2.26. The summed E-state index contributed by atoms with van der Waals surface area (Å²) in [5.41, 5.74) is 1.74. The summed E-state index contributed by atoms with van der Waals surface area (Å²) in [7, 11) is 0. The average molecular weight is 286 g/mol. The predicted molar refractivity (Wildman–Crippen MR) is 64.1 cm³/mol. The van der Waals surface area contributed by atoms with Crippen molar-refractivity contribution in [2.75, 3.05) is 11.9 Å². The Bertz CT molecular complexity index is 418. The molecule has 0 heterocycles. The second kappa shape index (κ2) is 5.65.